The lowest BCUT2D eigenvalue weighted by Crippen LogP contribution is -2.38. The van der Waals surface area contributed by atoms with Crippen molar-refractivity contribution in [1.82, 2.24) is 19.4 Å². The molecule has 2 aliphatic rings. The van der Waals surface area contributed by atoms with Crippen LogP contribution in [0, 0.1) is 6.92 Å². The molecule has 1 aliphatic heterocycles. The van der Waals surface area contributed by atoms with Gasteiger partial charge in [-0.1, -0.05) is 19.3 Å². The SMILES string of the molecule is Cc1cc2nc3n(c(=O)c2n1CC(=O)NC1CCCCC1)CCC3. The molecule has 1 N–H and O–H groups in total. The number of amides is 1. The maximum atomic E-state index is 12.8. The highest BCUT2D eigenvalue weighted by molar-refractivity contribution is 5.81. The Hall–Kier alpha value is -2.11. The third-order valence-electron chi connectivity index (χ3n) is 5.35. The van der Waals surface area contributed by atoms with Crippen LogP contribution in [0.2, 0.25) is 0 Å². The number of rotatable bonds is 3. The quantitative estimate of drug-likeness (QED) is 0.935. The van der Waals surface area contributed by atoms with Gasteiger partial charge in [-0.25, -0.2) is 4.98 Å². The lowest BCUT2D eigenvalue weighted by molar-refractivity contribution is -0.122. The molecule has 6 heteroatoms. The summed E-state index contributed by atoms with van der Waals surface area (Å²) in [5.74, 6) is 0.865. The van der Waals surface area contributed by atoms with Gasteiger partial charge in [-0.15, -0.1) is 0 Å². The van der Waals surface area contributed by atoms with Crippen molar-refractivity contribution in [3.8, 4) is 0 Å². The minimum atomic E-state index is -0.00827. The third-order valence-corrected chi connectivity index (χ3v) is 5.35. The maximum absolute atomic E-state index is 12.8. The van der Waals surface area contributed by atoms with E-state index < -0.39 is 0 Å². The first kappa shape index (κ1) is 15.4. The number of hydrogen-bond donors (Lipinski definition) is 1. The van der Waals surface area contributed by atoms with Gasteiger partial charge in [0, 0.05) is 24.7 Å². The molecule has 3 heterocycles. The summed E-state index contributed by atoms with van der Waals surface area (Å²) in [7, 11) is 0. The lowest BCUT2D eigenvalue weighted by atomic mass is 9.95. The molecule has 128 valence electrons. The Labute approximate surface area is 140 Å². The van der Waals surface area contributed by atoms with Crippen molar-refractivity contribution >= 4 is 16.9 Å². The summed E-state index contributed by atoms with van der Waals surface area (Å²) in [6.07, 6.45) is 7.60. The Morgan fingerprint density at radius 3 is 2.88 bits per heavy atom. The summed E-state index contributed by atoms with van der Waals surface area (Å²) in [5, 5.41) is 3.13. The van der Waals surface area contributed by atoms with Crippen LogP contribution in [0.25, 0.3) is 11.0 Å². The minimum absolute atomic E-state index is 0.00704. The van der Waals surface area contributed by atoms with Gasteiger partial charge < -0.3 is 9.88 Å². The third kappa shape index (κ3) is 2.64. The Morgan fingerprint density at radius 2 is 2.08 bits per heavy atom. The highest BCUT2D eigenvalue weighted by Gasteiger charge is 2.21. The molecule has 1 fully saturated rings. The monoisotopic (exact) mass is 328 g/mol. The summed E-state index contributed by atoms with van der Waals surface area (Å²) in [5.41, 5.74) is 2.19. The number of fused-ring (bicyclic) bond motifs is 2. The molecule has 24 heavy (non-hydrogen) atoms. The van der Waals surface area contributed by atoms with Gasteiger partial charge >= 0.3 is 0 Å². The van der Waals surface area contributed by atoms with Gasteiger partial charge in [0.25, 0.3) is 5.56 Å². The van der Waals surface area contributed by atoms with Crippen molar-refractivity contribution < 1.29 is 4.79 Å². The van der Waals surface area contributed by atoms with Gasteiger partial charge in [0.05, 0.1) is 5.52 Å². The zero-order chi connectivity index (χ0) is 16.7. The number of nitrogens with one attached hydrogen (secondary N) is 1. The van der Waals surface area contributed by atoms with E-state index in [1.807, 2.05) is 17.6 Å². The fourth-order valence-corrected chi connectivity index (χ4v) is 4.10. The van der Waals surface area contributed by atoms with Crippen LogP contribution in [0.1, 0.15) is 50.0 Å². The number of carbonyl (C=O) groups excluding carboxylic acids is 1. The molecule has 0 spiro atoms. The van der Waals surface area contributed by atoms with Crippen LogP contribution < -0.4 is 10.9 Å². The number of aryl methyl sites for hydroxylation is 2. The molecule has 1 aliphatic carbocycles. The van der Waals surface area contributed by atoms with E-state index >= 15 is 0 Å². The van der Waals surface area contributed by atoms with E-state index in [9.17, 15) is 9.59 Å². The Kier molecular flexibility index (Phi) is 3.90. The lowest BCUT2D eigenvalue weighted by Gasteiger charge is -2.23. The molecule has 0 bridgehead atoms. The van der Waals surface area contributed by atoms with Crippen molar-refractivity contribution in [2.45, 2.75) is 71.0 Å². The number of carbonyl (C=O) groups is 1. The average molecular weight is 328 g/mol. The predicted molar refractivity (Wildman–Crippen MR) is 92.1 cm³/mol. The first-order chi connectivity index (χ1) is 11.6. The molecular formula is C18H24N4O2. The smallest absolute Gasteiger partial charge is 0.278 e. The summed E-state index contributed by atoms with van der Waals surface area (Å²) < 4.78 is 3.59. The van der Waals surface area contributed by atoms with Crippen molar-refractivity contribution in [2.24, 2.45) is 0 Å². The average Bonchev–Trinajstić information content (AvgIpc) is 3.14. The van der Waals surface area contributed by atoms with Crippen LogP contribution in [-0.2, 0) is 24.3 Å². The molecule has 1 amide bonds. The second-order valence-corrected chi connectivity index (χ2v) is 7.10. The highest BCUT2D eigenvalue weighted by Crippen LogP contribution is 2.20. The normalized spacial score (nSPS) is 18.0. The van der Waals surface area contributed by atoms with E-state index in [-0.39, 0.29) is 24.1 Å². The molecule has 0 unspecified atom stereocenters. The molecule has 0 saturated heterocycles. The van der Waals surface area contributed by atoms with Crippen LogP contribution in [0.15, 0.2) is 10.9 Å². The fourth-order valence-electron chi connectivity index (χ4n) is 4.10. The van der Waals surface area contributed by atoms with E-state index in [0.29, 0.717) is 5.52 Å². The summed E-state index contributed by atoms with van der Waals surface area (Å²) in [4.78, 5) is 29.9. The topological polar surface area (TPSA) is 68.9 Å². The number of nitrogens with zero attached hydrogens (tertiary/aromatic N) is 3. The Morgan fingerprint density at radius 1 is 1.29 bits per heavy atom. The zero-order valence-corrected chi connectivity index (χ0v) is 14.2. The standard InChI is InChI=1S/C18H24N4O2/c1-12-10-14-17(18(24)21-9-5-8-15(21)20-14)22(12)11-16(23)19-13-6-3-2-4-7-13/h10,13H,2-9,11H2,1H3,(H,19,23). The molecule has 0 aromatic carbocycles. The summed E-state index contributed by atoms with van der Waals surface area (Å²) in [6, 6.07) is 2.21. The maximum Gasteiger partial charge on any atom is 0.278 e. The minimum Gasteiger partial charge on any atom is -0.352 e. The van der Waals surface area contributed by atoms with E-state index in [2.05, 4.69) is 10.3 Å². The van der Waals surface area contributed by atoms with E-state index in [4.69, 9.17) is 0 Å². The molecule has 4 rings (SSSR count). The van der Waals surface area contributed by atoms with Crippen LogP contribution in [0.5, 0.6) is 0 Å². The molecule has 2 aromatic rings. The van der Waals surface area contributed by atoms with Crippen LogP contribution in [0.4, 0.5) is 0 Å². The molecule has 1 saturated carbocycles. The second-order valence-electron chi connectivity index (χ2n) is 7.10. The van der Waals surface area contributed by atoms with Gasteiger partial charge in [-0.3, -0.25) is 14.2 Å². The zero-order valence-electron chi connectivity index (χ0n) is 14.2. The molecule has 2 aromatic heterocycles. The molecule has 0 radical (unpaired) electrons. The summed E-state index contributed by atoms with van der Waals surface area (Å²) in [6.45, 7) is 2.86. The molecule has 0 atom stereocenters. The van der Waals surface area contributed by atoms with E-state index in [1.165, 1.54) is 19.3 Å². The van der Waals surface area contributed by atoms with Crippen molar-refractivity contribution in [3.63, 3.8) is 0 Å². The van der Waals surface area contributed by atoms with Gasteiger partial charge in [0.1, 0.15) is 17.9 Å². The second kappa shape index (κ2) is 6.07. The van der Waals surface area contributed by atoms with Gasteiger partial charge in [0.15, 0.2) is 0 Å². The predicted octanol–water partition coefficient (Wildman–Crippen LogP) is 1.90. The van der Waals surface area contributed by atoms with Crippen molar-refractivity contribution in [3.05, 3.63) is 27.9 Å². The van der Waals surface area contributed by atoms with Gasteiger partial charge in [-0.2, -0.15) is 0 Å². The first-order valence-electron chi connectivity index (χ1n) is 9.02. The van der Waals surface area contributed by atoms with Gasteiger partial charge in [0.2, 0.25) is 5.91 Å². The molecule has 6 nitrogen and oxygen atoms in total. The van der Waals surface area contributed by atoms with E-state index in [1.54, 1.807) is 4.57 Å². The van der Waals surface area contributed by atoms with Crippen molar-refractivity contribution in [2.75, 3.05) is 0 Å². The number of aromatic nitrogens is 3. The van der Waals surface area contributed by atoms with Crippen LogP contribution in [-0.4, -0.2) is 26.1 Å². The number of hydrogen-bond acceptors (Lipinski definition) is 3. The largest absolute Gasteiger partial charge is 0.352 e. The Bertz CT molecular complexity index is 843. The van der Waals surface area contributed by atoms with Crippen LogP contribution >= 0.6 is 0 Å². The van der Waals surface area contributed by atoms with E-state index in [0.717, 1.165) is 49.3 Å². The van der Waals surface area contributed by atoms with Gasteiger partial charge in [-0.05, 0) is 32.3 Å². The highest BCUT2D eigenvalue weighted by atomic mass is 16.2. The van der Waals surface area contributed by atoms with Crippen molar-refractivity contribution in [1.29, 1.82) is 0 Å². The molecular weight excluding hydrogens is 304 g/mol. The van der Waals surface area contributed by atoms with Crippen LogP contribution in [0.3, 0.4) is 0 Å². The Balaban J connectivity index is 1.63. The first-order valence-corrected chi connectivity index (χ1v) is 9.02. The fraction of sp³-hybridized carbons (Fsp3) is 0.611. The summed E-state index contributed by atoms with van der Waals surface area (Å²) >= 11 is 0.